The van der Waals surface area contributed by atoms with E-state index in [1.54, 1.807) is 18.5 Å². The molecule has 144 valence electrons. The van der Waals surface area contributed by atoms with E-state index in [-0.39, 0.29) is 11.9 Å². The summed E-state index contributed by atoms with van der Waals surface area (Å²) in [6.45, 7) is 5.15. The van der Waals surface area contributed by atoms with Crippen molar-refractivity contribution in [3.63, 3.8) is 0 Å². The van der Waals surface area contributed by atoms with Gasteiger partial charge in [-0.3, -0.25) is 4.68 Å². The molecule has 8 nitrogen and oxygen atoms in total. The van der Waals surface area contributed by atoms with E-state index in [2.05, 4.69) is 25.3 Å². The summed E-state index contributed by atoms with van der Waals surface area (Å²) in [6.07, 6.45) is 6.61. The summed E-state index contributed by atoms with van der Waals surface area (Å²) in [5.41, 5.74) is 8.98. The number of nitrogens with one attached hydrogen (secondary N) is 2. The van der Waals surface area contributed by atoms with Gasteiger partial charge in [-0.2, -0.15) is 5.10 Å². The minimum Gasteiger partial charge on any atom is -0.353 e. The summed E-state index contributed by atoms with van der Waals surface area (Å²) in [6, 6.07) is 3.73. The van der Waals surface area contributed by atoms with Gasteiger partial charge in [-0.1, -0.05) is 0 Å². The number of aromatic amines is 1. The van der Waals surface area contributed by atoms with Crippen molar-refractivity contribution >= 4 is 17.0 Å². The van der Waals surface area contributed by atoms with Crippen LogP contribution >= 0.6 is 0 Å². The standard InChI is InChI=1S/C19H21FN8/c1-11(2)28-10-14(16-3-5-22-19(26-16)23-6-4-21)17(27-28)12-7-13-15(20)9-25-18(13)24-8-12/h3,5,7-11H,4,6,21H2,1-2H3,(H,24,25)(H,22,23,26). The average molecular weight is 380 g/mol. The number of pyridine rings is 1. The number of anilines is 1. The normalized spacial score (nSPS) is 11.5. The third-order valence-electron chi connectivity index (χ3n) is 4.37. The smallest absolute Gasteiger partial charge is 0.223 e. The molecule has 0 saturated carbocycles. The first kappa shape index (κ1) is 18.1. The largest absolute Gasteiger partial charge is 0.353 e. The molecule has 4 N–H and O–H groups in total. The highest BCUT2D eigenvalue weighted by atomic mass is 19.1. The van der Waals surface area contributed by atoms with Gasteiger partial charge in [-0.15, -0.1) is 0 Å². The van der Waals surface area contributed by atoms with Gasteiger partial charge < -0.3 is 16.0 Å². The number of aromatic nitrogens is 6. The van der Waals surface area contributed by atoms with E-state index in [1.165, 1.54) is 6.20 Å². The van der Waals surface area contributed by atoms with Crippen LogP contribution in [0.4, 0.5) is 10.3 Å². The van der Waals surface area contributed by atoms with Gasteiger partial charge in [0.1, 0.15) is 17.2 Å². The molecular formula is C19H21FN8. The first-order valence-corrected chi connectivity index (χ1v) is 9.06. The van der Waals surface area contributed by atoms with Gasteiger partial charge in [0.05, 0.1) is 11.1 Å². The minimum atomic E-state index is -0.343. The van der Waals surface area contributed by atoms with Crippen LogP contribution in [-0.4, -0.2) is 42.8 Å². The van der Waals surface area contributed by atoms with Gasteiger partial charge >= 0.3 is 0 Å². The Kier molecular flexibility index (Phi) is 4.74. The molecule has 0 bridgehead atoms. The Hall–Kier alpha value is -3.33. The molecule has 0 unspecified atom stereocenters. The number of nitrogens with zero attached hydrogens (tertiary/aromatic N) is 5. The fraction of sp³-hybridized carbons (Fsp3) is 0.263. The lowest BCUT2D eigenvalue weighted by Gasteiger charge is -2.06. The molecule has 4 rings (SSSR count). The van der Waals surface area contributed by atoms with Gasteiger partial charge in [-0.25, -0.2) is 19.3 Å². The molecule has 0 radical (unpaired) electrons. The summed E-state index contributed by atoms with van der Waals surface area (Å²) in [4.78, 5) is 15.9. The van der Waals surface area contributed by atoms with Gasteiger partial charge in [-0.05, 0) is 26.0 Å². The van der Waals surface area contributed by atoms with Crippen molar-refractivity contribution in [3.8, 4) is 22.5 Å². The van der Waals surface area contributed by atoms with E-state index in [9.17, 15) is 4.39 Å². The van der Waals surface area contributed by atoms with Crippen LogP contribution in [-0.2, 0) is 0 Å². The predicted molar refractivity (Wildman–Crippen MR) is 106 cm³/mol. The van der Waals surface area contributed by atoms with Crippen LogP contribution in [0.1, 0.15) is 19.9 Å². The number of fused-ring (bicyclic) bond motifs is 1. The molecule has 28 heavy (non-hydrogen) atoms. The first-order valence-electron chi connectivity index (χ1n) is 9.06. The number of hydrogen-bond acceptors (Lipinski definition) is 6. The Morgan fingerprint density at radius 3 is 2.96 bits per heavy atom. The third-order valence-corrected chi connectivity index (χ3v) is 4.37. The maximum Gasteiger partial charge on any atom is 0.223 e. The molecular weight excluding hydrogens is 359 g/mol. The average Bonchev–Trinajstić information content (AvgIpc) is 3.31. The lowest BCUT2D eigenvalue weighted by molar-refractivity contribution is 0.534. The van der Waals surface area contributed by atoms with Gasteiger partial charge in [0.2, 0.25) is 5.95 Å². The molecule has 0 aliphatic carbocycles. The topological polar surface area (TPSA) is 110 Å². The predicted octanol–water partition coefficient (Wildman–Crippen LogP) is 2.97. The maximum absolute atomic E-state index is 14.0. The zero-order valence-electron chi connectivity index (χ0n) is 15.6. The number of hydrogen-bond donors (Lipinski definition) is 3. The van der Waals surface area contributed by atoms with Crippen LogP contribution in [0.15, 0.2) is 36.9 Å². The van der Waals surface area contributed by atoms with Crippen LogP contribution in [0.25, 0.3) is 33.5 Å². The third kappa shape index (κ3) is 3.31. The van der Waals surface area contributed by atoms with E-state index in [1.807, 2.05) is 30.8 Å². The zero-order chi connectivity index (χ0) is 19.7. The van der Waals surface area contributed by atoms with Gasteiger partial charge in [0.15, 0.2) is 0 Å². The zero-order valence-corrected chi connectivity index (χ0v) is 15.6. The second-order valence-corrected chi connectivity index (χ2v) is 6.70. The molecule has 0 fully saturated rings. The number of halogens is 1. The van der Waals surface area contributed by atoms with E-state index >= 15 is 0 Å². The van der Waals surface area contributed by atoms with Gasteiger partial charge in [0, 0.05) is 55.0 Å². The molecule has 4 aromatic rings. The van der Waals surface area contributed by atoms with E-state index in [0.717, 1.165) is 11.1 Å². The highest BCUT2D eigenvalue weighted by molar-refractivity contribution is 5.85. The molecule has 0 amide bonds. The highest BCUT2D eigenvalue weighted by Crippen LogP contribution is 2.32. The Labute approximate surface area is 161 Å². The highest BCUT2D eigenvalue weighted by Gasteiger charge is 2.18. The van der Waals surface area contributed by atoms with Crippen molar-refractivity contribution in [1.82, 2.24) is 29.7 Å². The number of nitrogens with two attached hydrogens (primary N) is 1. The summed E-state index contributed by atoms with van der Waals surface area (Å²) >= 11 is 0. The molecule has 0 saturated heterocycles. The summed E-state index contributed by atoms with van der Waals surface area (Å²) in [5, 5.41) is 8.22. The summed E-state index contributed by atoms with van der Waals surface area (Å²) < 4.78 is 15.9. The Balaban J connectivity index is 1.84. The molecule has 0 atom stereocenters. The fourth-order valence-corrected chi connectivity index (χ4v) is 2.94. The molecule has 0 aliphatic heterocycles. The molecule has 4 aromatic heterocycles. The van der Waals surface area contributed by atoms with Crippen LogP contribution in [0.3, 0.4) is 0 Å². The van der Waals surface area contributed by atoms with Crippen LogP contribution in [0, 0.1) is 5.82 Å². The maximum atomic E-state index is 14.0. The van der Waals surface area contributed by atoms with E-state index < -0.39 is 0 Å². The number of H-pyrrole nitrogens is 1. The van der Waals surface area contributed by atoms with Crippen molar-refractivity contribution in [2.45, 2.75) is 19.9 Å². The van der Waals surface area contributed by atoms with Crippen LogP contribution < -0.4 is 11.1 Å². The van der Waals surface area contributed by atoms with Crippen molar-refractivity contribution in [2.75, 3.05) is 18.4 Å². The molecule has 0 spiro atoms. The fourth-order valence-electron chi connectivity index (χ4n) is 2.94. The molecule has 4 heterocycles. The van der Waals surface area contributed by atoms with Gasteiger partial charge in [0.25, 0.3) is 0 Å². The van der Waals surface area contributed by atoms with Crippen molar-refractivity contribution in [2.24, 2.45) is 5.73 Å². The van der Waals surface area contributed by atoms with E-state index in [0.29, 0.717) is 41.5 Å². The Bertz CT molecular complexity index is 1110. The monoisotopic (exact) mass is 380 g/mol. The second-order valence-electron chi connectivity index (χ2n) is 6.70. The Morgan fingerprint density at radius 2 is 2.18 bits per heavy atom. The lowest BCUT2D eigenvalue weighted by Crippen LogP contribution is -2.14. The quantitative estimate of drug-likeness (QED) is 0.474. The van der Waals surface area contributed by atoms with Crippen molar-refractivity contribution in [3.05, 3.63) is 42.7 Å². The second kappa shape index (κ2) is 7.35. The molecule has 0 aliphatic rings. The number of rotatable bonds is 6. The van der Waals surface area contributed by atoms with Crippen LogP contribution in [0.2, 0.25) is 0 Å². The molecule has 0 aromatic carbocycles. The Morgan fingerprint density at radius 1 is 1.32 bits per heavy atom. The SMILES string of the molecule is CC(C)n1cc(-c2ccnc(NCCN)n2)c(-c2cnc3[nH]cc(F)c3c2)n1. The summed E-state index contributed by atoms with van der Waals surface area (Å²) in [5.74, 6) is 0.154. The minimum absolute atomic E-state index is 0.157. The van der Waals surface area contributed by atoms with Crippen molar-refractivity contribution in [1.29, 1.82) is 0 Å². The van der Waals surface area contributed by atoms with Crippen LogP contribution in [0.5, 0.6) is 0 Å². The summed E-state index contributed by atoms with van der Waals surface area (Å²) in [7, 11) is 0. The lowest BCUT2D eigenvalue weighted by atomic mass is 10.1. The van der Waals surface area contributed by atoms with E-state index in [4.69, 9.17) is 10.8 Å². The first-order chi connectivity index (χ1) is 13.6. The van der Waals surface area contributed by atoms with Crippen molar-refractivity contribution < 1.29 is 4.39 Å². The molecule has 9 heteroatoms.